The fourth-order valence-corrected chi connectivity index (χ4v) is 3.14. The molecule has 110 valence electrons. The Morgan fingerprint density at radius 3 is 2.67 bits per heavy atom. The van der Waals surface area contributed by atoms with Crippen molar-refractivity contribution in [3.63, 3.8) is 0 Å². The summed E-state index contributed by atoms with van der Waals surface area (Å²) in [7, 11) is 0. The normalized spacial score (nSPS) is 19.5. The third-order valence-electron chi connectivity index (χ3n) is 4.24. The van der Waals surface area contributed by atoms with Crippen LogP contribution in [-0.2, 0) is 0 Å². The summed E-state index contributed by atoms with van der Waals surface area (Å²) in [5.41, 5.74) is 0.761. The first kappa shape index (κ1) is 13.7. The summed E-state index contributed by atoms with van der Waals surface area (Å²) in [6, 6.07) is 6.91. The molecule has 2 saturated heterocycles. The lowest BCUT2D eigenvalue weighted by Crippen LogP contribution is -2.46. The fraction of sp³-hybridized carbons (Fsp3) is 0.467. The van der Waals surface area contributed by atoms with Crippen molar-refractivity contribution in [3.05, 3.63) is 29.6 Å². The lowest BCUT2D eigenvalue weighted by molar-refractivity contribution is 0.186. The zero-order valence-corrected chi connectivity index (χ0v) is 11.7. The van der Waals surface area contributed by atoms with Crippen molar-refractivity contribution >= 4 is 11.7 Å². The second-order valence-corrected chi connectivity index (χ2v) is 5.39. The Balaban J connectivity index is 1.70. The van der Waals surface area contributed by atoms with E-state index in [2.05, 4.69) is 5.32 Å². The van der Waals surface area contributed by atoms with E-state index in [1.54, 1.807) is 12.1 Å². The minimum Gasteiger partial charge on any atom is -0.370 e. The van der Waals surface area contributed by atoms with Crippen molar-refractivity contribution in [1.29, 1.82) is 5.26 Å². The van der Waals surface area contributed by atoms with Crippen LogP contribution in [0.4, 0.5) is 14.9 Å². The quantitative estimate of drug-likeness (QED) is 0.901. The Kier molecular flexibility index (Phi) is 3.65. The number of urea groups is 1. The monoisotopic (exact) mass is 288 g/mol. The first-order valence-corrected chi connectivity index (χ1v) is 7.18. The molecule has 0 aromatic heterocycles. The summed E-state index contributed by atoms with van der Waals surface area (Å²) in [5, 5.41) is 11.9. The van der Waals surface area contributed by atoms with E-state index in [9.17, 15) is 9.18 Å². The zero-order valence-electron chi connectivity index (χ0n) is 11.7. The van der Waals surface area contributed by atoms with E-state index in [-0.39, 0.29) is 17.6 Å². The van der Waals surface area contributed by atoms with Crippen LogP contribution in [0.25, 0.3) is 0 Å². The van der Waals surface area contributed by atoms with E-state index in [1.165, 1.54) is 6.07 Å². The van der Waals surface area contributed by atoms with Crippen molar-refractivity contribution in [2.45, 2.75) is 18.9 Å². The summed E-state index contributed by atoms with van der Waals surface area (Å²) in [6.07, 6.45) is 1.68. The SMILES string of the molecule is N#Cc1c(F)cccc1N1CCC(N2CCNC2=O)CC1. The lowest BCUT2D eigenvalue weighted by atomic mass is 10.0. The molecule has 1 aromatic carbocycles. The van der Waals surface area contributed by atoms with E-state index in [0.717, 1.165) is 32.5 Å². The number of nitrogens with zero attached hydrogens (tertiary/aromatic N) is 3. The first-order chi connectivity index (χ1) is 10.2. The molecule has 2 aliphatic rings. The van der Waals surface area contributed by atoms with Crippen LogP contribution in [0.15, 0.2) is 18.2 Å². The highest BCUT2D eigenvalue weighted by Crippen LogP contribution is 2.27. The van der Waals surface area contributed by atoms with Crippen molar-refractivity contribution in [2.75, 3.05) is 31.1 Å². The minimum atomic E-state index is -0.476. The van der Waals surface area contributed by atoms with Crippen LogP contribution in [0.2, 0.25) is 0 Å². The predicted octanol–water partition coefficient (Wildman–Crippen LogP) is 1.69. The number of nitriles is 1. The number of halogens is 1. The smallest absolute Gasteiger partial charge is 0.317 e. The summed E-state index contributed by atoms with van der Waals surface area (Å²) in [6.45, 7) is 2.92. The fourth-order valence-electron chi connectivity index (χ4n) is 3.14. The molecule has 1 aromatic rings. The number of hydrogen-bond acceptors (Lipinski definition) is 3. The molecule has 1 N–H and O–H groups in total. The van der Waals surface area contributed by atoms with Gasteiger partial charge in [-0.25, -0.2) is 9.18 Å². The maximum Gasteiger partial charge on any atom is 0.317 e. The van der Waals surface area contributed by atoms with Gasteiger partial charge in [-0.2, -0.15) is 5.26 Å². The second-order valence-electron chi connectivity index (χ2n) is 5.39. The summed E-state index contributed by atoms with van der Waals surface area (Å²) >= 11 is 0. The molecule has 0 bridgehead atoms. The van der Waals surface area contributed by atoms with Gasteiger partial charge in [0.1, 0.15) is 17.4 Å². The van der Waals surface area contributed by atoms with Crippen LogP contribution in [0.3, 0.4) is 0 Å². The summed E-state index contributed by atoms with van der Waals surface area (Å²) < 4.78 is 13.7. The molecule has 0 atom stereocenters. The average Bonchev–Trinajstić information content (AvgIpc) is 2.93. The Morgan fingerprint density at radius 2 is 2.05 bits per heavy atom. The van der Waals surface area contributed by atoms with E-state index >= 15 is 0 Å². The molecule has 5 nitrogen and oxygen atoms in total. The maximum atomic E-state index is 13.7. The van der Waals surface area contributed by atoms with Crippen molar-refractivity contribution < 1.29 is 9.18 Å². The standard InChI is InChI=1S/C15H17FN4O/c16-13-2-1-3-14(12(13)10-17)19-7-4-11(5-8-19)20-9-6-18-15(20)21/h1-3,11H,4-9H2,(H,18,21). The Hall–Kier alpha value is -2.29. The number of benzene rings is 1. The van der Waals surface area contributed by atoms with Crippen LogP contribution in [0, 0.1) is 17.1 Å². The number of anilines is 1. The topological polar surface area (TPSA) is 59.4 Å². The van der Waals surface area contributed by atoms with Crippen LogP contribution >= 0.6 is 0 Å². The van der Waals surface area contributed by atoms with Gasteiger partial charge in [-0.05, 0) is 25.0 Å². The number of carbonyl (C=O) groups is 1. The molecule has 2 heterocycles. The van der Waals surface area contributed by atoms with Gasteiger partial charge in [0.2, 0.25) is 0 Å². The zero-order chi connectivity index (χ0) is 14.8. The molecule has 3 rings (SSSR count). The van der Waals surface area contributed by atoms with E-state index in [4.69, 9.17) is 5.26 Å². The molecule has 0 aliphatic carbocycles. The number of hydrogen-bond donors (Lipinski definition) is 1. The largest absolute Gasteiger partial charge is 0.370 e. The molecular formula is C15H17FN4O. The molecular weight excluding hydrogens is 271 g/mol. The molecule has 0 unspecified atom stereocenters. The third-order valence-corrected chi connectivity index (χ3v) is 4.24. The molecule has 0 radical (unpaired) electrons. The highest BCUT2D eigenvalue weighted by atomic mass is 19.1. The van der Waals surface area contributed by atoms with Crippen LogP contribution in [0.5, 0.6) is 0 Å². The van der Waals surface area contributed by atoms with Crippen LogP contribution < -0.4 is 10.2 Å². The maximum absolute atomic E-state index is 13.7. The molecule has 6 heteroatoms. The Labute approximate surface area is 122 Å². The predicted molar refractivity (Wildman–Crippen MR) is 76.5 cm³/mol. The van der Waals surface area contributed by atoms with Gasteiger partial charge in [0.25, 0.3) is 0 Å². The Bertz CT molecular complexity index is 590. The number of carbonyl (C=O) groups excluding carboxylic acids is 1. The van der Waals surface area contributed by atoms with Gasteiger partial charge in [-0.3, -0.25) is 0 Å². The lowest BCUT2D eigenvalue weighted by Gasteiger charge is -2.37. The Morgan fingerprint density at radius 1 is 1.29 bits per heavy atom. The number of nitrogens with one attached hydrogen (secondary N) is 1. The average molecular weight is 288 g/mol. The van der Waals surface area contributed by atoms with Crippen molar-refractivity contribution in [3.8, 4) is 6.07 Å². The number of piperidine rings is 1. The van der Waals surface area contributed by atoms with Crippen molar-refractivity contribution in [2.24, 2.45) is 0 Å². The highest BCUT2D eigenvalue weighted by Gasteiger charge is 2.31. The van der Waals surface area contributed by atoms with Gasteiger partial charge in [0.15, 0.2) is 0 Å². The third kappa shape index (κ3) is 2.51. The van der Waals surface area contributed by atoms with E-state index in [1.807, 2.05) is 15.9 Å². The molecule has 0 saturated carbocycles. The van der Waals surface area contributed by atoms with E-state index < -0.39 is 5.82 Å². The van der Waals surface area contributed by atoms with Crippen molar-refractivity contribution in [1.82, 2.24) is 10.2 Å². The highest BCUT2D eigenvalue weighted by molar-refractivity contribution is 5.76. The molecule has 2 amide bonds. The molecule has 0 spiro atoms. The first-order valence-electron chi connectivity index (χ1n) is 7.18. The molecule has 21 heavy (non-hydrogen) atoms. The van der Waals surface area contributed by atoms with Gasteiger partial charge in [-0.15, -0.1) is 0 Å². The van der Waals surface area contributed by atoms with Gasteiger partial charge >= 0.3 is 6.03 Å². The van der Waals surface area contributed by atoms with Crippen LogP contribution in [0.1, 0.15) is 18.4 Å². The van der Waals surface area contributed by atoms with Gasteiger partial charge in [0, 0.05) is 32.2 Å². The number of amides is 2. The van der Waals surface area contributed by atoms with Gasteiger partial charge in [-0.1, -0.05) is 6.07 Å². The second kappa shape index (κ2) is 5.60. The molecule has 2 fully saturated rings. The van der Waals surface area contributed by atoms with Crippen LogP contribution in [-0.4, -0.2) is 43.2 Å². The summed E-state index contributed by atoms with van der Waals surface area (Å²) in [5.74, 6) is -0.476. The molecule has 2 aliphatic heterocycles. The number of rotatable bonds is 2. The summed E-state index contributed by atoms with van der Waals surface area (Å²) in [4.78, 5) is 15.6. The van der Waals surface area contributed by atoms with Gasteiger partial charge in [0.05, 0.1) is 5.69 Å². The van der Waals surface area contributed by atoms with E-state index in [0.29, 0.717) is 12.2 Å². The van der Waals surface area contributed by atoms with Gasteiger partial charge < -0.3 is 15.1 Å². The minimum absolute atomic E-state index is 0.0110.